The smallest absolute Gasteiger partial charge is 0.322 e. The number of aromatic nitrogens is 1. The number of hydrogen-bond donors (Lipinski definition) is 3. The molecule has 24 heavy (non-hydrogen) atoms. The highest BCUT2D eigenvalue weighted by Gasteiger charge is 2.33. The number of carbonyl (C=O) groups excluding carboxylic acids is 3. The Labute approximate surface area is 138 Å². The van der Waals surface area contributed by atoms with E-state index >= 15 is 0 Å². The third kappa shape index (κ3) is 2.42. The second-order valence-electron chi connectivity index (χ2n) is 6.42. The second kappa shape index (κ2) is 5.36. The lowest BCUT2D eigenvalue weighted by Crippen LogP contribution is -2.41. The summed E-state index contributed by atoms with van der Waals surface area (Å²) in [5.74, 6) is -0.557. The molecule has 3 N–H and O–H groups in total. The second-order valence-corrected chi connectivity index (χ2v) is 6.42. The van der Waals surface area contributed by atoms with E-state index in [1.165, 1.54) is 11.3 Å². The van der Waals surface area contributed by atoms with Crippen LogP contribution in [0.3, 0.4) is 0 Å². The summed E-state index contributed by atoms with van der Waals surface area (Å²) in [5.41, 5.74) is 4.58. The molecule has 0 spiro atoms. The van der Waals surface area contributed by atoms with Gasteiger partial charge in [-0.25, -0.2) is 4.79 Å². The summed E-state index contributed by atoms with van der Waals surface area (Å²) in [7, 11) is 0. The third-order valence-electron chi connectivity index (χ3n) is 4.72. The van der Waals surface area contributed by atoms with E-state index in [9.17, 15) is 14.4 Å². The van der Waals surface area contributed by atoms with E-state index in [2.05, 4.69) is 33.8 Å². The molecule has 1 atom stereocenters. The standard InChI is InChI=1S/C17H18N4O3/c1-9-2-3-12-10(6-9)11-8-21(5-4-13(11)18-12)15(22)7-14-16(23)20-17(24)19-14/h2-3,6,14,18H,4-5,7-8H2,1H3,(H2,19,20,23,24). The summed E-state index contributed by atoms with van der Waals surface area (Å²) in [6.07, 6.45) is 0.756. The number of amides is 4. The number of aryl methyl sites for hydroxylation is 1. The monoisotopic (exact) mass is 326 g/mol. The summed E-state index contributed by atoms with van der Waals surface area (Å²) < 4.78 is 0. The summed E-state index contributed by atoms with van der Waals surface area (Å²) in [4.78, 5) is 40.5. The number of H-pyrrole nitrogens is 1. The number of imide groups is 1. The average Bonchev–Trinajstić information content (AvgIpc) is 3.06. The van der Waals surface area contributed by atoms with Crippen molar-refractivity contribution < 1.29 is 14.4 Å². The first-order chi connectivity index (χ1) is 11.5. The van der Waals surface area contributed by atoms with Crippen molar-refractivity contribution in [2.75, 3.05) is 6.54 Å². The molecule has 3 heterocycles. The molecule has 1 aromatic carbocycles. The highest BCUT2D eigenvalue weighted by atomic mass is 16.2. The van der Waals surface area contributed by atoms with Gasteiger partial charge < -0.3 is 15.2 Å². The molecule has 0 bridgehead atoms. The van der Waals surface area contributed by atoms with E-state index in [-0.39, 0.29) is 12.3 Å². The van der Waals surface area contributed by atoms with Crippen LogP contribution in [-0.2, 0) is 22.6 Å². The average molecular weight is 326 g/mol. The number of aromatic amines is 1. The minimum absolute atomic E-state index is 0.00566. The third-order valence-corrected chi connectivity index (χ3v) is 4.72. The predicted molar refractivity (Wildman–Crippen MR) is 87.2 cm³/mol. The van der Waals surface area contributed by atoms with E-state index in [0.29, 0.717) is 13.1 Å². The van der Waals surface area contributed by atoms with E-state index in [4.69, 9.17) is 0 Å². The molecule has 0 saturated carbocycles. The molecule has 4 rings (SSSR count). The van der Waals surface area contributed by atoms with Crippen molar-refractivity contribution in [1.82, 2.24) is 20.5 Å². The van der Waals surface area contributed by atoms with Gasteiger partial charge in [0, 0.05) is 41.7 Å². The number of nitrogens with one attached hydrogen (secondary N) is 3. The zero-order valence-electron chi connectivity index (χ0n) is 13.3. The Bertz CT molecular complexity index is 870. The van der Waals surface area contributed by atoms with E-state index in [0.717, 1.165) is 22.9 Å². The lowest BCUT2D eigenvalue weighted by molar-refractivity contribution is -0.134. The molecule has 7 heteroatoms. The highest BCUT2D eigenvalue weighted by Crippen LogP contribution is 2.28. The summed E-state index contributed by atoms with van der Waals surface area (Å²) >= 11 is 0. The van der Waals surface area contributed by atoms with Crippen molar-refractivity contribution in [2.24, 2.45) is 0 Å². The van der Waals surface area contributed by atoms with Crippen molar-refractivity contribution >= 4 is 28.7 Å². The quantitative estimate of drug-likeness (QED) is 0.718. The van der Waals surface area contributed by atoms with Crippen LogP contribution in [0.4, 0.5) is 4.79 Å². The minimum atomic E-state index is -0.767. The first kappa shape index (κ1) is 14.7. The van der Waals surface area contributed by atoms with E-state index in [1.807, 2.05) is 6.92 Å². The molecule has 1 saturated heterocycles. The van der Waals surface area contributed by atoms with Crippen LogP contribution in [0.15, 0.2) is 18.2 Å². The Hall–Kier alpha value is -2.83. The number of rotatable bonds is 2. The number of fused-ring (bicyclic) bond motifs is 3. The molecule has 2 aliphatic rings. The van der Waals surface area contributed by atoms with Crippen LogP contribution in [0.25, 0.3) is 10.9 Å². The molecule has 124 valence electrons. The molecule has 1 unspecified atom stereocenters. The van der Waals surface area contributed by atoms with E-state index in [1.54, 1.807) is 4.90 Å². The van der Waals surface area contributed by atoms with Gasteiger partial charge in [-0.3, -0.25) is 14.9 Å². The fourth-order valence-corrected chi connectivity index (χ4v) is 3.45. The Morgan fingerprint density at radius 3 is 2.92 bits per heavy atom. The fourth-order valence-electron chi connectivity index (χ4n) is 3.45. The Balaban J connectivity index is 1.54. The van der Waals surface area contributed by atoms with Crippen molar-refractivity contribution in [3.63, 3.8) is 0 Å². The Morgan fingerprint density at radius 1 is 1.33 bits per heavy atom. The van der Waals surface area contributed by atoms with Gasteiger partial charge in [-0.15, -0.1) is 0 Å². The Morgan fingerprint density at radius 2 is 2.17 bits per heavy atom. The van der Waals surface area contributed by atoms with Crippen molar-refractivity contribution in [3.05, 3.63) is 35.0 Å². The molecule has 4 amide bonds. The van der Waals surface area contributed by atoms with Gasteiger partial charge in [-0.2, -0.15) is 0 Å². The molecule has 2 aromatic rings. The maximum atomic E-state index is 12.5. The van der Waals surface area contributed by atoms with Gasteiger partial charge in [0.25, 0.3) is 5.91 Å². The largest absolute Gasteiger partial charge is 0.358 e. The number of nitrogens with zero attached hydrogens (tertiary/aromatic N) is 1. The van der Waals surface area contributed by atoms with Gasteiger partial charge in [0.1, 0.15) is 6.04 Å². The lowest BCUT2D eigenvalue weighted by atomic mass is 10.0. The zero-order valence-corrected chi connectivity index (χ0v) is 13.3. The van der Waals surface area contributed by atoms with E-state index < -0.39 is 18.0 Å². The topological polar surface area (TPSA) is 94.3 Å². The zero-order chi connectivity index (χ0) is 16.8. The number of carbonyl (C=O) groups is 3. The van der Waals surface area contributed by atoms with Gasteiger partial charge in [-0.05, 0) is 19.1 Å². The Kier molecular flexibility index (Phi) is 3.30. The van der Waals surface area contributed by atoms with Crippen LogP contribution in [0.5, 0.6) is 0 Å². The normalized spacial score (nSPS) is 20.0. The molecule has 0 radical (unpaired) electrons. The lowest BCUT2D eigenvalue weighted by Gasteiger charge is -2.28. The summed E-state index contributed by atoms with van der Waals surface area (Å²) in [6, 6.07) is 4.95. The van der Waals surface area contributed by atoms with Gasteiger partial charge in [0.15, 0.2) is 0 Å². The molecule has 2 aliphatic heterocycles. The van der Waals surface area contributed by atoms with Crippen molar-refractivity contribution in [2.45, 2.75) is 32.4 Å². The molecular formula is C17H18N4O3. The molecule has 1 fully saturated rings. The van der Waals surface area contributed by atoms with Crippen molar-refractivity contribution in [3.8, 4) is 0 Å². The predicted octanol–water partition coefficient (Wildman–Crippen LogP) is 0.959. The molecule has 0 aliphatic carbocycles. The summed E-state index contributed by atoms with van der Waals surface area (Å²) in [6.45, 7) is 3.19. The van der Waals surface area contributed by atoms with Crippen LogP contribution in [0, 0.1) is 6.92 Å². The SMILES string of the molecule is Cc1ccc2[nH]c3c(c2c1)CN(C(=O)CC1NC(=O)NC1=O)CC3. The van der Waals surface area contributed by atoms with Gasteiger partial charge in [-0.1, -0.05) is 11.6 Å². The molecule has 7 nitrogen and oxygen atoms in total. The highest BCUT2D eigenvalue weighted by molar-refractivity contribution is 6.05. The number of benzene rings is 1. The van der Waals surface area contributed by atoms with Crippen LogP contribution in [-0.4, -0.2) is 40.3 Å². The minimum Gasteiger partial charge on any atom is -0.358 e. The summed E-state index contributed by atoms with van der Waals surface area (Å²) in [5, 5.41) is 5.77. The van der Waals surface area contributed by atoms with Crippen LogP contribution in [0.1, 0.15) is 23.2 Å². The molecule has 1 aromatic heterocycles. The number of urea groups is 1. The van der Waals surface area contributed by atoms with Crippen LogP contribution in [0.2, 0.25) is 0 Å². The van der Waals surface area contributed by atoms with Crippen molar-refractivity contribution in [1.29, 1.82) is 0 Å². The fraction of sp³-hybridized carbons (Fsp3) is 0.353. The first-order valence-corrected chi connectivity index (χ1v) is 8.00. The van der Waals surface area contributed by atoms with Crippen LogP contribution >= 0.6 is 0 Å². The van der Waals surface area contributed by atoms with Gasteiger partial charge in [0.2, 0.25) is 5.91 Å². The first-order valence-electron chi connectivity index (χ1n) is 8.00. The van der Waals surface area contributed by atoms with Crippen LogP contribution < -0.4 is 10.6 Å². The molecular weight excluding hydrogens is 308 g/mol. The van der Waals surface area contributed by atoms with Gasteiger partial charge in [0.05, 0.1) is 6.42 Å². The van der Waals surface area contributed by atoms with Gasteiger partial charge >= 0.3 is 6.03 Å². The number of hydrogen-bond acceptors (Lipinski definition) is 3. The maximum Gasteiger partial charge on any atom is 0.322 e. The maximum absolute atomic E-state index is 12.5.